The number of nitrogens with one attached hydrogen (secondary N) is 1. The number of aryl methyl sites for hydroxylation is 1. The van der Waals surface area contributed by atoms with Crippen molar-refractivity contribution in [2.45, 2.75) is 13.3 Å². The molecule has 3 nitrogen and oxygen atoms in total. The molecule has 0 fully saturated rings. The Morgan fingerprint density at radius 2 is 1.89 bits per heavy atom. The van der Waals surface area contributed by atoms with E-state index in [9.17, 15) is 13.2 Å². The van der Waals surface area contributed by atoms with Crippen molar-refractivity contribution in [1.82, 2.24) is 9.97 Å². The van der Waals surface area contributed by atoms with Gasteiger partial charge in [-0.25, -0.2) is 23.1 Å². The van der Waals surface area contributed by atoms with Gasteiger partial charge in [0.2, 0.25) is 0 Å². The van der Waals surface area contributed by atoms with Crippen LogP contribution in [0, 0.1) is 17.5 Å². The molecule has 0 aliphatic rings. The molecule has 7 heteroatoms. The largest absolute Gasteiger partial charge is 0.338 e. The lowest BCUT2D eigenvalue weighted by Crippen LogP contribution is -2.03. The lowest BCUT2D eigenvalue weighted by molar-refractivity contribution is 0.449. The number of benzene rings is 1. The Labute approximate surface area is 116 Å². The lowest BCUT2D eigenvalue weighted by atomic mass is 10.3. The maximum absolute atomic E-state index is 13.5. The molecule has 1 aromatic heterocycles. The Bertz CT molecular complexity index is 619. The molecule has 100 valence electrons. The number of hydrogen-bond acceptors (Lipinski definition) is 3. The van der Waals surface area contributed by atoms with Crippen molar-refractivity contribution >= 4 is 27.4 Å². The van der Waals surface area contributed by atoms with Crippen molar-refractivity contribution in [2.75, 3.05) is 5.32 Å². The molecule has 0 unspecified atom stereocenters. The second kappa shape index (κ2) is 5.56. The molecule has 19 heavy (non-hydrogen) atoms. The predicted octanol–water partition coefficient (Wildman–Crippen LogP) is 3.96. The highest BCUT2D eigenvalue weighted by Crippen LogP contribution is 2.23. The first-order chi connectivity index (χ1) is 9.01. The topological polar surface area (TPSA) is 37.8 Å². The van der Waals surface area contributed by atoms with Gasteiger partial charge in [0.15, 0.2) is 17.5 Å². The summed E-state index contributed by atoms with van der Waals surface area (Å²) in [7, 11) is 0. The van der Waals surface area contributed by atoms with Gasteiger partial charge in [0, 0.05) is 12.5 Å². The molecule has 0 bridgehead atoms. The highest BCUT2D eigenvalue weighted by atomic mass is 79.9. The van der Waals surface area contributed by atoms with Crippen LogP contribution in [0.4, 0.5) is 24.7 Å². The number of halogens is 4. The molecular weight excluding hydrogens is 323 g/mol. The van der Waals surface area contributed by atoms with Crippen molar-refractivity contribution in [3.63, 3.8) is 0 Å². The monoisotopic (exact) mass is 331 g/mol. The first kappa shape index (κ1) is 13.8. The van der Waals surface area contributed by atoms with Crippen LogP contribution in [0.5, 0.6) is 0 Å². The fourth-order valence-electron chi connectivity index (χ4n) is 1.45. The molecule has 0 saturated carbocycles. The van der Waals surface area contributed by atoms with E-state index in [2.05, 4.69) is 31.2 Å². The minimum absolute atomic E-state index is 0.188. The average molecular weight is 332 g/mol. The van der Waals surface area contributed by atoms with Crippen LogP contribution in [0.25, 0.3) is 0 Å². The highest BCUT2D eigenvalue weighted by Gasteiger charge is 2.14. The van der Waals surface area contributed by atoms with Gasteiger partial charge >= 0.3 is 0 Å². The number of anilines is 2. The highest BCUT2D eigenvalue weighted by molar-refractivity contribution is 9.10. The Hall–Kier alpha value is -1.63. The fraction of sp³-hybridized carbons (Fsp3) is 0.167. The number of rotatable bonds is 3. The van der Waals surface area contributed by atoms with E-state index < -0.39 is 17.5 Å². The van der Waals surface area contributed by atoms with Crippen molar-refractivity contribution < 1.29 is 13.2 Å². The number of aromatic nitrogens is 2. The van der Waals surface area contributed by atoms with Gasteiger partial charge in [0.25, 0.3) is 0 Å². The predicted molar refractivity (Wildman–Crippen MR) is 68.7 cm³/mol. The van der Waals surface area contributed by atoms with Gasteiger partial charge in [-0.2, -0.15) is 0 Å². The zero-order valence-electron chi connectivity index (χ0n) is 9.85. The molecule has 0 aliphatic carbocycles. The van der Waals surface area contributed by atoms with Crippen LogP contribution in [-0.2, 0) is 6.42 Å². The molecule has 0 saturated heterocycles. The standard InChI is InChI=1S/C12H9BrF3N3/c1-2-9-18-8(13)5-10(19-9)17-7-4-3-6(14)11(15)12(7)16/h3-5H,2H2,1H3,(H,17,18,19). The van der Waals surface area contributed by atoms with Gasteiger partial charge in [-0.3, -0.25) is 0 Å². The SMILES string of the molecule is CCc1nc(Br)cc(Nc2ccc(F)c(F)c2F)n1. The Kier molecular flexibility index (Phi) is 4.04. The summed E-state index contributed by atoms with van der Waals surface area (Å²) in [5.41, 5.74) is -0.188. The number of nitrogens with zero attached hydrogens (tertiary/aromatic N) is 2. The first-order valence-corrected chi connectivity index (χ1v) is 6.24. The van der Waals surface area contributed by atoms with Gasteiger partial charge in [-0.05, 0) is 28.1 Å². The van der Waals surface area contributed by atoms with E-state index in [0.29, 0.717) is 22.7 Å². The maximum atomic E-state index is 13.5. The van der Waals surface area contributed by atoms with Crippen LogP contribution < -0.4 is 5.32 Å². The summed E-state index contributed by atoms with van der Waals surface area (Å²) in [4.78, 5) is 8.19. The van der Waals surface area contributed by atoms with Crippen LogP contribution in [0.15, 0.2) is 22.8 Å². The first-order valence-electron chi connectivity index (χ1n) is 5.45. The molecule has 0 amide bonds. The van der Waals surface area contributed by atoms with E-state index >= 15 is 0 Å². The average Bonchev–Trinajstić information content (AvgIpc) is 2.39. The molecule has 0 atom stereocenters. The Balaban J connectivity index is 2.36. The molecule has 2 aromatic rings. The Morgan fingerprint density at radius 3 is 2.58 bits per heavy atom. The maximum Gasteiger partial charge on any atom is 0.196 e. The van der Waals surface area contributed by atoms with Gasteiger partial charge < -0.3 is 5.32 Å². The van der Waals surface area contributed by atoms with E-state index in [1.54, 1.807) is 0 Å². The second-order valence-electron chi connectivity index (χ2n) is 3.69. The zero-order valence-corrected chi connectivity index (χ0v) is 11.4. The van der Waals surface area contributed by atoms with E-state index in [1.165, 1.54) is 6.07 Å². The molecule has 1 N–H and O–H groups in total. The summed E-state index contributed by atoms with van der Waals surface area (Å²) in [5, 5.41) is 2.59. The van der Waals surface area contributed by atoms with Gasteiger partial charge in [-0.1, -0.05) is 6.92 Å². The van der Waals surface area contributed by atoms with Crippen molar-refractivity contribution in [1.29, 1.82) is 0 Å². The van der Waals surface area contributed by atoms with E-state index in [1.807, 2.05) is 6.92 Å². The molecule has 0 aliphatic heterocycles. The third-order valence-electron chi connectivity index (χ3n) is 2.36. The molecule has 1 aromatic carbocycles. The fourth-order valence-corrected chi connectivity index (χ4v) is 1.87. The molecular formula is C12H9BrF3N3. The summed E-state index contributed by atoms with van der Waals surface area (Å²) in [6.07, 6.45) is 0.592. The van der Waals surface area contributed by atoms with Crippen LogP contribution >= 0.6 is 15.9 Å². The minimum Gasteiger partial charge on any atom is -0.338 e. The van der Waals surface area contributed by atoms with Crippen LogP contribution in [0.2, 0.25) is 0 Å². The van der Waals surface area contributed by atoms with Crippen molar-refractivity contribution in [3.05, 3.63) is 46.1 Å². The third kappa shape index (κ3) is 3.04. The lowest BCUT2D eigenvalue weighted by Gasteiger charge is -2.09. The van der Waals surface area contributed by atoms with Gasteiger partial charge in [-0.15, -0.1) is 0 Å². The summed E-state index contributed by atoms with van der Waals surface area (Å²) >= 11 is 3.19. The van der Waals surface area contributed by atoms with E-state index in [-0.39, 0.29) is 5.69 Å². The minimum atomic E-state index is -1.52. The van der Waals surface area contributed by atoms with Gasteiger partial charge in [0.05, 0.1) is 5.69 Å². The van der Waals surface area contributed by atoms with Crippen molar-refractivity contribution in [3.8, 4) is 0 Å². The smallest absolute Gasteiger partial charge is 0.196 e. The van der Waals surface area contributed by atoms with Crippen LogP contribution in [0.1, 0.15) is 12.7 Å². The Morgan fingerprint density at radius 1 is 1.16 bits per heavy atom. The quantitative estimate of drug-likeness (QED) is 0.683. The van der Waals surface area contributed by atoms with Crippen LogP contribution in [0.3, 0.4) is 0 Å². The molecule has 1 heterocycles. The van der Waals surface area contributed by atoms with E-state index in [4.69, 9.17) is 0 Å². The summed E-state index contributed by atoms with van der Waals surface area (Å²) in [6.45, 7) is 1.86. The molecule has 0 radical (unpaired) electrons. The van der Waals surface area contributed by atoms with Gasteiger partial charge in [0.1, 0.15) is 16.2 Å². The molecule has 2 rings (SSSR count). The summed E-state index contributed by atoms with van der Waals surface area (Å²) in [6, 6.07) is 3.47. The second-order valence-corrected chi connectivity index (χ2v) is 4.51. The normalized spacial score (nSPS) is 10.6. The summed E-state index contributed by atoms with van der Waals surface area (Å²) < 4.78 is 39.9. The van der Waals surface area contributed by atoms with E-state index in [0.717, 1.165) is 12.1 Å². The molecule has 0 spiro atoms. The number of hydrogen-bond donors (Lipinski definition) is 1. The van der Waals surface area contributed by atoms with Crippen molar-refractivity contribution in [2.24, 2.45) is 0 Å². The zero-order chi connectivity index (χ0) is 14.0. The summed E-state index contributed by atoms with van der Waals surface area (Å²) in [5.74, 6) is -3.20. The third-order valence-corrected chi connectivity index (χ3v) is 2.76. The van der Waals surface area contributed by atoms with Crippen LogP contribution in [-0.4, -0.2) is 9.97 Å².